The number of H-pyrrole nitrogens is 1. The number of amides is 2. The number of carbonyl (C=O) groups is 3. The summed E-state index contributed by atoms with van der Waals surface area (Å²) in [5, 5.41) is 22.8. The van der Waals surface area contributed by atoms with Crippen LogP contribution in [-0.2, 0) is 47.4 Å². The van der Waals surface area contributed by atoms with Crippen LogP contribution in [0.15, 0.2) is 47.2 Å². The number of hydroxylamine groups is 2. The summed E-state index contributed by atoms with van der Waals surface area (Å²) in [6.07, 6.45) is 2.72. The first-order valence-corrected chi connectivity index (χ1v) is 19.0. The first-order chi connectivity index (χ1) is 25.8. The molecule has 55 heavy (non-hydrogen) atoms. The molecule has 4 aromatic rings. The Morgan fingerprint density at radius 1 is 1.22 bits per heavy atom. The fourth-order valence-corrected chi connectivity index (χ4v) is 6.46. The number of ketones is 1. The van der Waals surface area contributed by atoms with Gasteiger partial charge in [-0.25, -0.2) is 9.78 Å². The minimum Gasteiger partial charge on any atom is -0.489 e. The zero-order valence-electron chi connectivity index (χ0n) is 30.8. The average molecular weight is 805 g/mol. The third kappa shape index (κ3) is 10.6. The van der Waals surface area contributed by atoms with E-state index in [2.05, 4.69) is 40.4 Å². The van der Waals surface area contributed by atoms with Crippen molar-refractivity contribution in [3.8, 4) is 16.9 Å². The van der Waals surface area contributed by atoms with E-state index in [0.717, 1.165) is 22.5 Å². The minimum absolute atomic E-state index is 0.0633. The van der Waals surface area contributed by atoms with Gasteiger partial charge >= 0.3 is 16.5 Å². The molecule has 1 fully saturated rings. The molecular formula is C32H42N11O10S2+. The van der Waals surface area contributed by atoms with Crippen LogP contribution in [0, 0.1) is 5.92 Å². The zero-order chi connectivity index (χ0) is 40.1. The lowest BCUT2D eigenvalue weighted by Crippen LogP contribution is -2.68. The van der Waals surface area contributed by atoms with Crippen molar-refractivity contribution in [2.45, 2.75) is 71.2 Å². The molecule has 2 amide bonds. The largest absolute Gasteiger partial charge is 0.489 e. The summed E-state index contributed by atoms with van der Waals surface area (Å²) in [4.78, 5) is 48.1. The Morgan fingerprint density at radius 2 is 1.95 bits per heavy atom. The molecule has 21 nitrogen and oxygen atoms in total. The van der Waals surface area contributed by atoms with E-state index >= 15 is 0 Å². The van der Waals surface area contributed by atoms with Crippen LogP contribution in [-0.4, -0.2) is 96.1 Å². The third-order valence-electron chi connectivity index (χ3n) is 8.22. The van der Waals surface area contributed by atoms with Crippen molar-refractivity contribution in [2.75, 3.05) is 18.9 Å². The van der Waals surface area contributed by atoms with Crippen LogP contribution < -0.4 is 20.5 Å². The number of β-lactam (4-membered cyclic amide) rings is 1. The summed E-state index contributed by atoms with van der Waals surface area (Å²) in [7, 11) is -3.05. The number of nitrogens with one attached hydrogen (secondary N) is 2. The first kappa shape index (κ1) is 40.7. The molecule has 1 aromatic carbocycles. The smallest absolute Gasteiger partial charge is 0.418 e. The molecule has 1 aliphatic heterocycles. The number of tetrazole rings is 1. The number of Topliss-reactive ketones (excluding diaryl/α,β-unsaturated/α-hetero) is 1. The van der Waals surface area contributed by atoms with E-state index in [1.807, 2.05) is 61.7 Å². The number of oxime groups is 1. The predicted octanol–water partition coefficient (Wildman–Crippen LogP) is 1.92. The number of carbonyl (C=O) groups excluding carboxylic acids is 3. The van der Waals surface area contributed by atoms with Crippen LogP contribution in [0.3, 0.4) is 0 Å². The molecule has 0 spiro atoms. The Morgan fingerprint density at radius 3 is 2.55 bits per heavy atom. The number of ether oxygens (including phenoxy) is 2. The molecule has 5 N–H and O–H groups in total. The highest BCUT2D eigenvalue weighted by atomic mass is 32.3. The fourth-order valence-electron chi connectivity index (χ4n) is 5.45. The van der Waals surface area contributed by atoms with Gasteiger partial charge in [-0.05, 0) is 58.7 Å². The topological polar surface area (TPSA) is 272 Å². The lowest BCUT2D eigenvalue weighted by molar-refractivity contribution is -0.753. The minimum atomic E-state index is -4.98. The number of nitrogens with zero attached hydrogens (tertiary/aromatic N) is 8. The second kappa shape index (κ2) is 16.5. The molecular weight excluding hydrogens is 763 g/mol. The monoisotopic (exact) mass is 804 g/mol. The Labute approximate surface area is 319 Å². The van der Waals surface area contributed by atoms with E-state index in [4.69, 9.17) is 24.6 Å². The van der Waals surface area contributed by atoms with Crippen molar-refractivity contribution in [1.82, 2.24) is 40.7 Å². The highest BCUT2D eigenvalue weighted by molar-refractivity contribution is 7.80. The summed E-state index contributed by atoms with van der Waals surface area (Å²) in [6, 6.07) is 7.31. The average Bonchev–Trinajstić information content (AvgIpc) is 3.87. The van der Waals surface area contributed by atoms with E-state index < -0.39 is 57.8 Å². The Bertz CT molecular complexity index is 2130. The van der Waals surface area contributed by atoms with Crippen molar-refractivity contribution < 1.29 is 50.6 Å². The summed E-state index contributed by atoms with van der Waals surface area (Å²) in [5.41, 5.74) is 5.66. The number of hydrogen-bond donors (Lipinski definition) is 4. The van der Waals surface area contributed by atoms with Crippen LogP contribution >= 0.6 is 11.3 Å². The van der Waals surface area contributed by atoms with Gasteiger partial charge in [0.05, 0.1) is 29.8 Å². The molecule has 23 heteroatoms. The number of aromatic nitrogens is 7. The summed E-state index contributed by atoms with van der Waals surface area (Å²) in [5.74, 6) is -2.00. The SMILES string of the molecule is C[n+]1cc(-c2ccc(OC[C@H](O/N=C(\C(=O)CC3C(=O)N(OS(=O)(=O)O)C3(C)C)c3csc(N)n3)c3nn[nH]n3)cc2)cn1CCCNC(=O)OC(C)(C)C. The third-order valence-corrected chi connectivity index (χ3v) is 9.23. The number of nitrogens with two attached hydrogens (primary N) is 1. The number of benzene rings is 1. The highest BCUT2D eigenvalue weighted by Gasteiger charge is 2.57. The summed E-state index contributed by atoms with van der Waals surface area (Å²) < 4.78 is 51.1. The van der Waals surface area contributed by atoms with Gasteiger partial charge in [-0.2, -0.15) is 23.4 Å². The van der Waals surface area contributed by atoms with Crippen LogP contribution in [0.1, 0.15) is 65.1 Å². The maximum absolute atomic E-state index is 13.6. The molecule has 5 rings (SSSR count). The van der Waals surface area contributed by atoms with Gasteiger partial charge in [0.2, 0.25) is 18.1 Å². The lowest BCUT2D eigenvalue weighted by atomic mass is 9.74. The van der Waals surface area contributed by atoms with Gasteiger partial charge in [-0.3, -0.25) is 14.1 Å². The van der Waals surface area contributed by atoms with Gasteiger partial charge in [0.25, 0.3) is 5.91 Å². The molecule has 3 aromatic heterocycles. The van der Waals surface area contributed by atoms with E-state index in [9.17, 15) is 22.8 Å². The molecule has 2 atom stereocenters. The van der Waals surface area contributed by atoms with E-state index in [-0.39, 0.29) is 29.0 Å². The number of alkyl carbamates (subject to hydrolysis) is 1. The molecule has 296 valence electrons. The van der Waals surface area contributed by atoms with E-state index in [0.29, 0.717) is 30.3 Å². The van der Waals surface area contributed by atoms with Crippen molar-refractivity contribution in [3.05, 3.63) is 53.6 Å². The molecule has 4 heterocycles. The first-order valence-electron chi connectivity index (χ1n) is 16.8. The molecule has 1 aliphatic rings. The van der Waals surface area contributed by atoms with Crippen molar-refractivity contribution >= 4 is 50.4 Å². The quantitative estimate of drug-likeness (QED) is 0.0296. The second-order valence-corrected chi connectivity index (χ2v) is 15.8. The number of rotatable bonds is 17. The lowest BCUT2D eigenvalue weighted by Gasteiger charge is -2.50. The van der Waals surface area contributed by atoms with Gasteiger partial charge in [0.1, 0.15) is 23.7 Å². The number of hydrogen-bond acceptors (Lipinski definition) is 16. The van der Waals surface area contributed by atoms with Gasteiger partial charge in [-0.1, -0.05) is 22.5 Å². The molecule has 0 bridgehead atoms. The molecule has 1 saturated heterocycles. The van der Waals surface area contributed by atoms with Crippen LogP contribution in [0.25, 0.3) is 11.1 Å². The maximum Gasteiger partial charge on any atom is 0.418 e. The van der Waals surface area contributed by atoms with Crippen LogP contribution in [0.4, 0.5) is 9.93 Å². The fraction of sp³-hybridized carbons (Fsp3) is 0.469. The van der Waals surface area contributed by atoms with Gasteiger partial charge < -0.3 is 25.4 Å². The summed E-state index contributed by atoms with van der Waals surface area (Å²) in [6.45, 7) is 9.33. The summed E-state index contributed by atoms with van der Waals surface area (Å²) >= 11 is 1.05. The predicted molar refractivity (Wildman–Crippen MR) is 193 cm³/mol. The standard InChI is InChI=1S/C32H41N11O10S2/c1-31(2,3)51-30(46)34-12-7-13-42-16-20(15-41(42)6)19-8-10-21(11-9-19)50-17-25(27-36-39-40-37-27)52-38-26(23-18-54-29(33)35-23)24(44)14-22-28(45)43(32(22,4)5)53-55(47,48)49/h8-11,15-16,18,22,25H,7,12-14,17H2,1-6H3,(H4-,33,34,35,36,37,39,40,46,47,48,49)/p+1/b38-26-/t22?,25-/m0/s1. The van der Waals surface area contributed by atoms with E-state index in [1.54, 1.807) is 12.1 Å². The van der Waals surface area contributed by atoms with Crippen molar-refractivity contribution in [2.24, 2.45) is 18.1 Å². The number of anilines is 1. The maximum atomic E-state index is 13.6. The van der Waals surface area contributed by atoms with Crippen LogP contribution in [0.2, 0.25) is 0 Å². The van der Waals surface area contributed by atoms with Gasteiger partial charge in [0.15, 0.2) is 23.7 Å². The van der Waals surface area contributed by atoms with Gasteiger partial charge in [-0.15, -0.1) is 30.5 Å². The molecule has 0 radical (unpaired) electrons. The van der Waals surface area contributed by atoms with Crippen molar-refractivity contribution in [1.29, 1.82) is 0 Å². The van der Waals surface area contributed by atoms with E-state index in [1.165, 1.54) is 19.2 Å². The number of thiazole rings is 1. The Kier molecular flexibility index (Phi) is 12.2. The second-order valence-electron chi connectivity index (χ2n) is 13.9. The number of nitrogen functional groups attached to an aromatic ring is 1. The number of aromatic amines is 1. The molecule has 0 aliphatic carbocycles. The Hall–Kier alpha value is -5.52. The zero-order valence-corrected chi connectivity index (χ0v) is 32.5. The van der Waals surface area contributed by atoms with Crippen molar-refractivity contribution in [3.63, 3.8) is 0 Å². The normalized spacial score (nSPS) is 16.3. The highest BCUT2D eigenvalue weighted by Crippen LogP contribution is 2.40. The van der Waals surface area contributed by atoms with Crippen LogP contribution in [0.5, 0.6) is 5.75 Å². The molecule has 1 unspecified atom stereocenters. The Balaban J connectivity index is 1.23. The molecule has 0 saturated carbocycles. The number of aryl methyl sites for hydroxylation is 2. The van der Waals surface area contributed by atoms with Gasteiger partial charge in [0, 0.05) is 18.3 Å².